The van der Waals surface area contributed by atoms with Crippen LogP contribution in [-0.4, -0.2) is 50.2 Å². The molecule has 1 aromatic rings. The van der Waals surface area contributed by atoms with E-state index in [1.54, 1.807) is 0 Å². The first-order chi connectivity index (χ1) is 10.6. The molecule has 2 aliphatic heterocycles. The molecule has 3 rings (SSSR count). The van der Waals surface area contributed by atoms with E-state index in [9.17, 15) is 4.79 Å². The third-order valence-electron chi connectivity index (χ3n) is 4.11. The zero-order valence-electron chi connectivity index (χ0n) is 13.4. The van der Waals surface area contributed by atoms with Crippen molar-refractivity contribution in [3.63, 3.8) is 0 Å². The molecule has 0 saturated carbocycles. The summed E-state index contributed by atoms with van der Waals surface area (Å²) in [5.41, 5.74) is 1.14. The molecule has 1 aromatic carbocycles. The highest BCUT2D eigenvalue weighted by atomic mass is 16.6. The van der Waals surface area contributed by atoms with Crippen LogP contribution in [0.5, 0.6) is 11.5 Å². The first-order valence-electron chi connectivity index (χ1n) is 8.06. The first kappa shape index (κ1) is 15.0. The van der Waals surface area contributed by atoms with Gasteiger partial charge in [0.25, 0.3) is 0 Å². The van der Waals surface area contributed by atoms with Gasteiger partial charge in [0.2, 0.25) is 5.91 Å². The van der Waals surface area contributed by atoms with E-state index in [2.05, 4.69) is 24.8 Å². The molecule has 120 valence electrons. The van der Waals surface area contributed by atoms with E-state index in [0.29, 0.717) is 25.6 Å². The van der Waals surface area contributed by atoms with Gasteiger partial charge in [0.05, 0.1) is 0 Å². The number of amides is 1. The Kier molecular flexibility index (Phi) is 4.41. The second-order valence-electron chi connectivity index (χ2n) is 6.29. The Bertz CT molecular complexity index is 537. The topological polar surface area (TPSA) is 42.0 Å². The second kappa shape index (κ2) is 6.46. The van der Waals surface area contributed by atoms with Gasteiger partial charge in [-0.15, -0.1) is 0 Å². The molecule has 1 fully saturated rings. The van der Waals surface area contributed by atoms with E-state index in [0.717, 1.165) is 43.4 Å². The smallest absolute Gasteiger partial charge is 0.222 e. The highest BCUT2D eigenvalue weighted by Gasteiger charge is 2.22. The summed E-state index contributed by atoms with van der Waals surface area (Å²) in [6.07, 6.45) is 0.643. The van der Waals surface area contributed by atoms with E-state index in [1.807, 2.05) is 17.0 Å². The maximum absolute atomic E-state index is 12.1. The van der Waals surface area contributed by atoms with Gasteiger partial charge in [0.1, 0.15) is 13.2 Å². The highest BCUT2D eigenvalue weighted by molar-refractivity contribution is 5.76. The predicted molar refractivity (Wildman–Crippen MR) is 85.7 cm³/mol. The molecule has 0 bridgehead atoms. The van der Waals surface area contributed by atoms with E-state index in [1.165, 1.54) is 0 Å². The van der Waals surface area contributed by atoms with Crippen molar-refractivity contribution in [2.75, 3.05) is 44.3 Å². The summed E-state index contributed by atoms with van der Waals surface area (Å²) in [6.45, 7) is 8.70. The van der Waals surface area contributed by atoms with Gasteiger partial charge in [-0.3, -0.25) is 4.79 Å². The SMILES string of the molecule is CC(C)CC(=O)N1CCN(c2ccc3c(c2)OCCO3)CC1. The van der Waals surface area contributed by atoms with Crippen molar-refractivity contribution in [2.24, 2.45) is 5.92 Å². The molecule has 2 aliphatic rings. The molecule has 0 N–H and O–H groups in total. The monoisotopic (exact) mass is 304 g/mol. The van der Waals surface area contributed by atoms with Crippen molar-refractivity contribution in [3.8, 4) is 11.5 Å². The zero-order valence-corrected chi connectivity index (χ0v) is 13.4. The molecule has 0 spiro atoms. The Morgan fingerprint density at radius 3 is 2.45 bits per heavy atom. The van der Waals surface area contributed by atoms with E-state index < -0.39 is 0 Å². The summed E-state index contributed by atoms with van der Waals surface area (Å²) in [5, 5.41) is 0. The molecular weight excluding hydrogens is 280 g/mol. The average Bonchev–Trinajstić information content (AvgIpc) is 2.54. The number of fused-ring (bicyclic) bond motifs is 1. The third-order valence-corrected chi connectivity index (χ3v) is 4.11. The number of rotatable bonds is 3. The molecule has 22 heavy (non-hydrogen) atoms. The van der Waals surface area contributed by atoms with Crippen LogP contribution < -0.4 is 14.4 Å². The molecule has 5 heteroatoms. The maximum Gasteiger partial charge on any atom is 0.222 e. The Morgan fingerprint density at radius 2 is 1.77 bits per heavy atom. The van der Waals surface area contributed by atoms with Crippen molar-refractivity contribution in [2.45, 2.75) is 20.3 Å². The van der Waals surface area contributed by atoms with Gasteiger partial charge < -0.3 is 19.3 Å². The van der Waals surface area contributed by atoms with Crippen LogP contribution in [0.1, 0.15) is 20.3 Å². The first-order valence-corrected chi connectivity index (χ1v) is 8.06. The number of nitrogens with zero attached hydrogens (tertiary/aromatic N) is 2. The molecular formula is C17H24N2O3. The van der Waals surface area contributed by atoms with Crippen molar-refractivity contribution in [3.05, 3.63) is 18.2 Å². The Balaban J connectivity index is 1.60. The van der Waals surface area contributed by atoms with Crippen molar-refractivity contribution >= 4 is 11.6 Å². The molecule has 0 atom stereocenters. The quantitative estimate of drug-likeness (QED) is 0.858. The minimum atomic E-state index is 0.275. The van der Waals surface area contributed by atoms with E-state index in [4.69, 9.17) is 9.47 Å². The molecule has 1 amide bonds. The lowest BCUT2D eigenvalue weighted by Gasteiger charge is -2.36. The summed E-state index contributed by atoms with van der Waals surface area (Å²) < 4.78 is 11.2. The maximum atomic E-state index is 12.1. The molecule has 1 saturated heterocycles. The van der Waals surface area contributed by atoms with Gasteiger partial charge in [-0.1, -0.05) is 13.8 Å². The van der Waals surface area contributed by atoms with Crippen LogP contribution in [0, 0.1) is 5.92 Å². The van der Waals surface area contributed by atoms with E-state index >= 15 is 0 Å². The minimum absolute atomic E-state index is 0.275. The van der Waals surface area contributed by atoms with Crippen LogP contribution >= 0.6 is 0 Å². The normalized spacial score (nSPS) is 17.8. The highest BCUT2D eigenvalue weighted by Crippen LogP contribution is 2.34. The minimum Gasteiger partial charge on any atom is -0.486 e. The fraction of sp³-hybridized carbons (Fsp3) is 0.588. The molecule has 0 unspecified atom stereocenters. The fourth-order valence-corrected chi connectivity index (χ4v) is 2.92. The van der Waals surface area contributed by atoms with Crippen LogP contribution in [0.2, 0.25) is 0 Å². The number of carbonyl (C=O) groups is 1. The zero-order chi connectivity index (χ0) is 15.5. The summed E-state index contributed by atoms with van der Waals surface area (Å²) in [7, 11) is 0. The van der Waals surface area contributed by atoms with Gasteiger partial charge >= 0.3 is 0 Å². The third kappa shape index (κ3) is 3.29. The summed E-state index contributed by atoms with van der Waals surface area (Å²) in [6, 6.07) is 6.08. The van der Waals surface area contributed by atoms with E-state index in [-0.39, 0.29) is 5.91 Å². The van der Waals surface area contributed by atoms with Gasteiger partial charge in [0.15, 0.2) is 11.5 Å². The largest absolute Gasteiger partial charge is 0.486 e. The average molecular weight is 304 g/mol. The van der Waals surface area contributed by atoms with Crippen LogP contribution in [-0.2, 0) is 4.79 Å². The number of benzene rings is 1. The standard InChI is InChI=1S/C17H24N2O3/c1-13(2)11-17(20)19-7-5-18(6-8-19)14-3-4-15-16(12-14)22-10-9-21-15/h3-4,12-13H,5-11H2,1-2H3. The second-order valence-corrected chi connectivity index (χ2v) is 6.29. The lowest BCUT2D eigenvalue weighted by atomic mass is 10.1. The summed E-state index contributed by atoms with van der Waals surface area (Å²) in [4.78, 5) is 16.4. The lowest BCUT2D eigenvalue weighted by molar-refractivity contribution is -0.132. The molecule has 5 nitrogen and oxygen atoms in total. The number of anilines is 1. The van der Waals surface area contributed by atoms with Gasteiger partial charge in [-0.05, 0) is 18.1 Å². The molecule has 0 radical (unpaired) electrons. The predicted octanol–water partition coefficient (Wildman–Crippen LogP) is 2.15. The number of piperazine rings is 1. The Morgan fingerprint density at radius 1 is 1.09 bits per heavy atom. The van der Waals surface area contributed by atoms with Crippen molar-refractivity contribution in [1.82, 2.24) is 4.90 Å². The molecule has 0 aliphatic carbocycles. The number of hydrogen-bond acceptors (Lipinski definition) is 4. The lowest BCUT2D eigenvalue weighted by Crippen LogP contribution is -2.49. The van der Waals surface area contributed by atoms with Crippen molar-refractivity contribution < 1.29 is 14.3 Å². The van der Waals surface area contributed by atoms with Crippen LogP contribution in [0.4, 0.5) is 5.69 Å². The Hall–Kier alpha value is -1.91. The Labute approximate surface area is 131 Å². The summed E-state index contributed by atoms with van der Waals surface area (Å²) >= 11 is 0. The number of hydrogen-bond donors (Lipinski definition) is 0. The fourth-order valence-electron chi connectivity index (χ4n) is 2.92. The molecule has 0 aromatic heterocycles. The van der Waals surface area contributed by atoms with Gasteiger partial charge in [-0.25, -0.2) is 0 Å². The summed E-state index contributed by atoms with van der Waals surface area (Å²) in [5.74, 6) is 2.34. The van der Waals surface area contributed by atoms with Crippen LogP contribution in [0.15, 0.2) is 18.2 Å². The number of ether oxygens (including phenoxy) is 2. The van der Waals surface area contributed by atoms with Crippen molar-refractivity contribution in [1.29, 1.82) is 0 Å². The van der Waals surface area contributed by atoms with Crippen LogP contribution in [0.25, 0.3) is 0 Å². The molecule has 2 heterocycles. The van der Waals surface area contributed by atoms with Gasteiger partial charge in [0, 0.05) is 44.4 Å². The number of carbonyl (C=O) groups excluding carboxylic acids is 1. The van der Waals surface area contributed by atoms with Gasteiger partial charge in [-0.2, -0.15) is 0 Å². The van der Waals surface area contributed by atoms with Crippen LogP contribution in [0.3, 0.4) is 0 Å².